The van der Waals surface area contributed by atoms with E-state index in [1.54, 1.807) is 13.3 Å². The Morgan fingerprint density at radius 2 is 1.88 bits per heavy atom. The first kappa shape index (κ1) is 15.2. The molecular weight excluding hydrogens is 314 g/mol. The largest absolute Gasteiger partial charge is 0.497 e. The SMILES string of the molecule is COc1cccc(-c2ccnc3[nH]n(-c4ccc(C)cc4)c(=O)c23)c1. The second-order valence-electron chi connectivity index (χ2n) is 5.90. The Hall–Kier alpha value is -3.34. The minimum Gasteiger partial charge on any atom is -0.497 e. The third-order valence-corrected chi connectivity index (χ3v) is 4.26. The maximum atomic E-state index is 13.0. The molecular formula is C20H17N3O2. The summed E-state index contributed by atoms with van der Waals surface area (Å²) in [6, 6.07) is 17.3. The van der Waals surface area contributed by atoms with Gasteiger partial charge in [-0.1, -0.05) is 29.8 Å². The van der Waals surface area contributed by atoms with Crippen molar-refractivity contribution in [1.82, 2.24) is 14.8 Å². The standard InChI is InChI=1S/C20H17N3O2/c1-13-6-8-15(9-7-13)23-20(24)18-17(10-11-21-19(18)22-23)14-4-3-5-16(12-14)25-2/h3-12H,1-2H3,(H,21,22). The van der Waals surface area contributed by atoms with Crippen molar-refractivity contribution in [3.05, 3.63) is 76.7 Å². The number of benzene rings is 2. The van der Waals surface area contributed by atoms with Crippen LogP contribution in [0.2, 0.25) is 0 Å². The van der Waals surface area contributed by atoms with Crippen molar-refractivity contribution in [2.75, 3.05) is 7.11 Å². The van der Waals surface area contributed by atoms with Crippen LogP contribution in [-0.4, -0.2) is 21.9 Å². The van der Waals surface area contributed by atoms with Crippen molar-refractivity contribution < 1.29 is 4.74 Å². The van der Waals surface area contributed by atoms with E-state index in [9.17, 15) is 4.79 Å². The van der Waals surface area contributed by atoms with Gasteiger partial charge in [0.05, 0.1) is 18.2 Å². The van der Waals surface area contributed by atoms with Gasteiger partial charge in [-0.15, -0.1) is 0 Å². The van der Waals surface area contributed by atoms with Crippen molar-refractivity contribution in [1.29, 1.82) is 0 Å². The number of nitrogens with zero attached hydrogens (tertiary/aromatic N) is 2. The van der Waals surface area contributed by atoms with Crippen LogP contribution in [0.25, 0.3) is 27.8 Å². The zero-order valence-corrected chi connectivity index (χ0v) is 14.0. The van der Waals surface area contributed by atoms with Crippen LogP contribution in [0.4, 0.5) is 0 Å². The van der Waals surface area contributed by atoms with Gasteiger partial charge < -0.3 is 4.74 Å². The number of fused-ring (bicyclic) bond motifs is 1. The van der Waals surface area contributed by atoms with E-state index >= 15 is 0 Å². The fourth-order valence-corrected chi connectivity index (χ4v) is 2.94. The van der Waals surface area contributed by atoms with Crippen molar-refractivity contribution in [3.8, 4) is 22.6 Å². The highest BCUT2D eigenvalue weighted by molar-refractivity contribution is 5.92. The third-order valence-electron chi connectivity index (χ3n) is 4.26. The first-order valence-corrected chi connectivity index (χ1v) is 7.98. The minimum atomic E-state index is -0.121. The highest BCUT2D eigenvalue weighted by Gasteiger charge is 2.14. The summed E-state index contributed by atoms with van der Waals surface area (Å²) >= 11 is 0. The number of aryl methyl sites for hydroxylation is 1. The molecule has 4 aromatic rings. The van der Waals surface area contributed by atoms with E-state index in [2.05, 4.69) is 10.1 Å². The number of ether oxygens (including phenoxy) is 1. The Labute approximate surface area is 144 Å². The third kappa shape index (κ3) is 2.59. The molecule has 2 aromatic carbocycles. The molecule has 0 aliphatic rings. The lowest BCUT2D eigenvalue weighted by Gasteiger charge is -2.05. The first-order chi connectivity index (χ1) is 12.2. The Morgan fingerprint density at radius 3 is 2.64 bits per heavy atom. The highest BCUT2D eigenvalue weighted by atomic mass is 16.5. The number of pyridine rings is 1. The topological polar surface area (TPSA) is 59.9 Å². The molecule has 0 amide bonds. The minimum absolute atomic E-state index is 0.121. The van der Waals surface area contributed by atoms with Crippen LogP contribution in [0, 0.1) is 6.92 Å². The molecule has 0 saturated heterocycles. The van der Waals surface area contributed by atoms with E-state index in [0.717, 1.165) is 28.1 Å². The Balaban J connectivity index is 1.95. The molecule has 0 bridgehead atoms. The fourth-order valence-electron chi connectivity index (χ4n) is 2.94. The molecule has 0 spiro atoms. The molecule has 0 unspecified atom stereocenters. The lowest BCUT2D eigenvalue weighted by molar-refractivity contribution is 0.415. The zero-order valence-electron chi connectivity index (χ0n) is 14.0. The van der Waals surface area contributed by atoms with Crippen molar-refractivity contribution in [2.24, 2.45) is 0 Å². The van der Waals surface area contributed by atoms with Gasteiger partial charge in [0.2, 0.25) is 0 Å². The maximum absolute atomic E-state index is 13.0. The van der Waals surface area contributed by atoms with Crippen LogP contribution in [-0.2, 0) is 0 Å². The van der Waals surface area contributed by atoms with E-state index < -0.39 is 0 Å². The molecule has 1 N–H and O–H groups in total. The molecule has 0 atom stereocenters. The summed E-state index contributed by atoms with van der Waals surface area (Å²) < 4.78 is 6.83. The molecule has 5 nitrogen and oxygen atoms in total. The monoisotopic (exact) mass is 331 g/mol. The van der Waals surface area contributed by atoms with E-state index in [0.29, 0.717) is 11.0 Å². The Morgan fingerprint density at radius 1 is 1.08 bits per heavy atom. The maximum Gasteiger partial charge on any atom is 0.281 e. The van der Waals surface area contributed by atoms with Crippen LogP contribution in [0.5, 0.6) is 5.75 Å². The second-order valence-corrected chi connectivity index (χ2v) is 5.90. The zero-order chi connectivity index (χ0) is 17.4. The molecule has 124 valence electrons. The average Bonchev–Trinajstić information content (AvgIpc) is 2.99. The lowest BCUT2D eigenvalue weighted by atomic mass is 10.0. The first-order valence-electron chi connectivity index (χ1n) is 7.98. The van der Waals surface area contributed by atoms with Gasteiger partial charge in [-0.3, -0.25) is 9.89 Å². The molecule has 0 aliphatic heterocycles. The van der Waals surface area contributed by atoms with Crippen molar-refractivity contribution in [3.63, 3.8) is 0 Å². The molecule has 0 aliphatic carbocycles. The highest BCUT2D eigenvalue weighted by Crippen LogP contribution is 2.28. The van der Waals surface area contributed by atoms with Gasteiger partial charge in [0.25, 0.3) is 5.56 Å². The number of H-pyrrole nitrogens is 1. The number of aromatic nitrogens is 3. The van der Waals surface area contributed by atoms with Crippen molar-refractivity contribution in [2.45, 2.75) is 6.92 Å². The van der Waals surface area contributed by atoms with Gasteiger partial charge in [0, 0.05) is 6.20 Å². The van der Waals surface area contributed by atoms with Crippen LogP contribution in [0.15, 0.2) is 65.6 Å². The van der Waals surface area contributed by atoms with Gasteiger partial charge in [-0.25, -0.2) is 9.67 Å². The second kappa shape index (κ2) is 5.94. The summed E-state index contributed by atoms with van der Waals surface area (Å²) in [6.07, 6.45) is 1.70. The van der Waals surface area contributed by atoms with E-state index in [1.165, 1.54) is 4.68 Å². The summed E-state index contributed by atoms with van der Waals surface area (Å²) in [6.45, 7) is 2.01. The van der Waals surface area contributed by atoms with Gasteiger partial charge in [-0.05, 0) is 48.4 Å². The van der Waals surface area contributed by atoms with Gasteiger partial charge in [0.15, 0.2) is 5.65 Å². The van der Waals surface area contributed by atoms with E-state index in [4.69, 9.17) is 4.74 Å². The van der Waals surface area contributed by atoms with Crippen LogP contribution in [0.1, 0.15) is 5.56 Å². The van der Waals surface area contributed by atoms with Crippen LogP contribution < -0.4 is 10.3 Å². The summed E-state index contributed by atoms with van der Waals surface area (Å²) in [5, 5.41) is 3.67. The molecule has 2 aromatic heterocycles. The summed E-state index contributed by atoms with van der Waals surface area (Å²) in [5.41, 5.74) is 4.11. The number of rotatable bonds is 3. The predicted molar refractivity (Wildman–Crippen MR) is 98.4 cm³/mol. The number of nitrogens with one attached hydrogen (secondary N) is 1. The van der Waals surface area contributed by atoms with Crippen LogP contribution in [0.3, 0.4) is 0 Å². The Kier molecular flexibility index (Phi) is 3.61. The molecule has 0 radical (unpaired) electrons. The van der Waals surface area contributed by atoms with Crippen LogP contribution >= 0.6 is 0 Å². The average molecular weight is 331 g/mol. The molecule has 25 heavy (non-hydrogen) atoms. The number of hydrogen-bond donors (Lipinski definition) is 1. The lowest BCUT2D eigenvalue weighted by Crippen LogP contribution is -2.14. The van der Waals surface area contributed by atoms with E-state index in [1.807, 2.05) is 61.5 Å². The quantitative estimate of drug-likeness (QED) is 0.623. The van der Waals surface area contributed by atoms with E-state index in [-0.39, 0.29) is 5.56 Å². The molecule has 4 rings (SSSR count). The van der Waals surface area contributed by atoms with Crippen molar-refractivity contribution >= 4 is 11.0 Å². The summed E-state index contributed by atoms with van der Waals surface area (Å²) in [7, 11) is 1.63. The summed E-state index contributed by atoms with van der Waals surface area (Å²) in [4.78, 5) is 17.3. The fraction of sp³-hybridized carbons (Fsp3) is 0.100. The number of methoxy groups -OCH3 is 1. The predicted octanol–water partition coefficient (Wildman–Crippen LogP) is 3.70. The van der Waals surface area contributed by atoms with Gasteiger partial charge >= 0.3 is 0 Å². The number of aromatic amines is 1. The molecule has 5 heteroatoms. The van der Waals surface area contributed by atoms with Gasteiger partial charge in [-0.2, -0.15) is 0 Å². The molecule has 0 saturated carbocycles. The Bertz CT molecular complexity index is 1110. The molecule has 0 fully saturated rings. The normalized spacial score (nSPS) is 11.0. The number of hydrogen-bond acceptors (Lipinski definition) is 3. The smallest absolute Gasteiger partial charge is 0.281 e. The molecule has 2 heterocycles. The summed E-state index contributed by atoms with van der Waals surface area (Å²) in [5.74, 6) is 0.747. The van der Waals surface area contributed by atoms with Gasteiger partial charge in [0.1, 0.15) is 5.75 Å².